The van der Waals surface area contributed by atoms with Crippen LogP contribution in [-0.4, -0.2) is 35.5 Å². The fourth-order valence-corrected chi connectivity index (χ4v) is 5.99. The Hall–Kier alpha value is 0.0569. The van der Waals surface area contributed by atoms with Gasteiger partial charge in [0.2, 0.25) is 0 Å². The van der Waals surface area contributed by atoms with Gasteiger partial charge in [0.15, 0.2) is 0 Å². The average Bonchev–Trinajstić information content (AvgIpc) is 2.68. The van der Waals surface area contributed by atoms with Crippen molar-refractivity contribution in [2.45, 2.75) is 107 Å². The van der Waals surface area contributed by atoms with E-state index in [9.17, 15) is 0 Å². The van der Waals surface area contributed by atoms with E-state index in [1.54, 1.807) is 0 Å². The van der Waals surface area contributed by atoms with Crippen LogP contribution in [0.15, 0.2) is 0 Å². The molecule has 0 aliphatic carbocycles. The van der Waals surface area contributed by atoms with Gasteiger partial charge in [-0.1, -0.05) is 81.1 Å². The lowest BCUT2D eigenvalue weighted by molar-refractivity contribution is -0.0571. The van der Waals surface area contributed by atoms with Crippen LogP contribution in [0.1, 0.15) is 107 Å². The Morgan fingerprint density at radius 2 is 0.655 bits per heavy atom. The van der Waals surface area contributed by atoms with Crippen LogP contribution in [0.3, 0.4) is 0 Å². The van der Waals surface area contributed by atoms with Gasteiger partial charge in [-0.25, -0.2) is 0 Å². The lowest BCUT2D eigenvalue weighted by Gasteiger charge is -2.32. The van der Waals surface area contributed by atoms with Gasteiger partial charge >= 0.3 is 9.05 Å². The standard InChI is InChI=1S/C24H52O4Si/c1-9-13-21(5)17-25-29(26-18-22(6)14-10-2,27-19-23(7)15-11-3)28-20-24(8)16-12-4/h21-24H,9-20H2,1-8H3. The molecule has 29 heavy (non-hydrogen) atoms. The van der Waals surface area contributed by atoms with Crippen molar-refractivity contribution < 1.29 is 17.7 Å². The van der Waals surface area contributed by atoms with Crippen LogP contribution in [0.2, 0.25) is 0 Å². The smallest absolute Gasteiger partial charge is 0.351 e. The first kappa shape index (κ1) is 29.1. The third kappa shape index (κ3) is 14.7. The number of hydrogen-bond donors (Lipinski definition) is 0. The molecule has 4 unspecified atom stereocenters. The fraction of sp³-hybridized carbons (Fsp3) is 1.00. The zero-order valence-electron chi connectivity index (χ0n) is 20.9. The molecular weight excluding hydrogens is 380 g/mol. The van der Waals surface area contributed by atoms with Gasteiger partial charge in [0, 0.05) is 26.4 Å². The van der Waals surface area contributed by atoms with Crippen LogP contribution in [0.25, 0.3) is 0 Å². The van der Waals surface area contributed by atoms with Crippen LogP contribution in [-0.2, 0) is 17.7 Å². The van der Waals surface area contributed by atoms with Gasteiger partial charge < -0.3 is 17.7 Å². The summed E-state index contributed by atoms with van der Waals surface area (Å²) in [6.45, 7) is 20.4. The summed E-state index contributed by atoms with van der Waals surface area (Å²) >= 11 is 0. The van der Waals surface area contributed by atoms with E-state index in [0.717, 1.165) is 51.4 Å². The maximum absolute atomic E-state index is 6.40. The predicted molar refractivity (Wildman–Crippen MR) is 126 cm³/mol. The zero-order chi connectivity index (χ0) is 22.1. The van der Waals surface area contributed by atoms with Gasteiger partial charge in [-0.2, -0.15) is 0 Å². The Bertz CT molecular complexity index is 297. The maximum atomic E-state index is 6.40. The molecular formula is C24H52O4Si. The molecule has 0 aliphatic rings. The molecule has 0 fully saturated rings. The first-order chi connectivity index (χ1) is 13.8. The van der Waals surface area contributed by atoms with Crippen molar-refractivity contribution >= 4 is 9.05 Å². The normalized spacial score (nSPS) is 18.2. The Balaban J connectivity index is 5.25. The summed E-state index contributed by atoms with van der Waals surface area (Å²) in [5.74, 6) is 1.93. The topological polar surface area (TPSA) is 36.9 Å². The summed E-state index contributed by atoms with van der Waals surface area (Å²) < 4.78 is 25.6. The minimum Gasteiger partial charge on any atom is -0.351 e. The molecule has 176 valence electrons. The van der Waals surface area contributed by atoms with Crippen molar-refractivity contribution in [3.05, 3.63) is 0 Å². The van der Waals surface area contributed by atoms with E-state index in [2.05, 4.69) is 55.4 Å². The SMILES string of the molecule is CCCC(C)CO[Si](OCC(C)CCC)(OCC(C)CCC)OCC(C)CCC. The van der Waals surface area contributed by atoms with Crippen molar-refractivity contribution in [1.29, 1.82) is 0 Å². The average molecular weight is 433 g/mol. The molecule has 0 saturated carbocycles. The molecule has 0 bridgehead atoms. The molecule has 5 heteroatoms. The minimum absolute atomic E-state index is 0.483. The highest BCUT2D eigenvalue weighted by Crippen LogP contribution is 2.22. The summed E-state index contributed by atoms with van der Waals surface area (Å²) in [5, 5.41) is 0. The molecule has 0 rings (SSSR count). The third-order valence-corrected chi connectivity index (χ3v) is 7.39. The Labute approximate surface area is 183 Å². The van der Waals surface area contributed by atoms with Crippen molar-refractivity contribution in [2.75, 3.05) is 26.4 Å². The third-order valence-electron chi connectivity index (χ3n) is 5.30. The van der Waals surface area contributed by atoms with E-state index in [-0.39, 0.29) is 0 Å². The van der Waals surface area contributed by atoms with E-state index >= 15 is 0 Å². The highest BCUT2D eigenvalue weighted by molar-refractivity contribution is 6.53. The van der Waals surface area contributed by atoms with E-state index in [4.69, 9.17) is 17.7 Å². The molecule has 4 atom stereocenters. The summed E-state index contributed by atoms with van der Waals surface area (Å²) in [6, 6.07) is 0. The molecule has 0 amide bonds. The number of hydrogen-bond acceptors (Lipinski definition) is 4. The van der Waals surface area contributed by atoms with Crippen molar-refractivity contribution in [1.82, 2.24) is 0 Å². The highest BCUT2D eigenvalue weighted by atomic mass is 28.4. The molecule has 0 heterocycles. The Kier molecular flexibility index (Phi) is 17.7. The van der Waals surface area contributed by atoms with Gasteiger partial charge in [0.05, 0.1) is 0 Å². The van der Waals surface area contributed by atoms with Crippen LogP contribution < -0.4 is 0 Å². The summed E-state index contributed by atoms with van der Waals surface area (Å²) in [4.78, 5) is 0. The second kappa shape index (κ2) is 17.7. The van der Waals surface area contributed by atoms with E-state index in [1.165, 1.54) is 0 Å². The van der Waals surface area contributed by atoms with E-state index < -0.39 is 9.05 Å². The van der Waals surface area contributed by atoms with Crippen molar-refractivity contribution in [2.24, 2.45) is 23.7 Å². The predicted octanol–water partition coefficient (Wildman–Crippen LogP) is 7.23. The van der Waals surface area contributed by atoms with E-state index in [0.29, 0.717) is 50.1 Å². The van der Waals surface area contributed by atoms with Crippen LogP contribution in [0, 0.1) is 23.7 Å². The van der Waals surface area contributed by atoms with Crippen molar-refractivity contribution in [3.8, 4) is 0 Å². The van der Waals surface area contributed by atoms with Crippen LogP contribution >= 0.6 is 0 Å². The first-order valence-electron chi connectivity index (χ1n) is 12.4. The largest absolute Gasteiger partial charge is 0.679 e. The van der Waals surface area contributed by atoms with Gasteiger partial charge in [0.1, 0.15) is 0 Å². The molecule has 4 nitrogen and oxygen atoms in total. The molecule has 0 aromatic rings. The summed E-state index contributed by atoms with van der Waals surface area (Å²) in [5.41, 5.74) is 0. The molecule has 0 saturated heterocycles. The first-order valence-corrected chi connectivity index (χ1v) is 14.0. The lowest BCUT2D eigenvalue weighted by atomic mass is 10.1. The monoisotopic (exact) mass is 432 g/mol. The van der Waals surface area contributed by atoms with Gasteiger partial charge in [0.25, 0.3) is 0 Å². The molecule has 0 aromatic carbocycles. The molecule has 0 aromatic heterocycles. The van der Waals surface area contributed by atoms with Gasteiger partial charge in [-0.15, -0.1) is 0 Å². The fourth-order valence-electron chi connectivity index (χ4n) is 3.53. The quantitative estimate of drug-likeness (QED) is 0.190. The second-order valence-corrected chi connectivity index (χ2v) is 11.5. The maximum Gasteiger partial charge on any atom is 0.679 e. The van der Waals surface area contributed by atoms with Crippen LogP contribution in [0.5, 0.6) is 0 Å². The summed E-state index contributed by atoms with van der Waals surface area (Å²) in [7, 11) is -3.16. The minimum atomic E-state index is -3.16. The van der Waals surface area contributed by atoms with Gasteiger partial charge in [-0.3, -0.25) is 0 Å². The molecule has 0 N–H and O–H groups in total. The Morgan fingerprint density at radius 1 is 0.448 bits per heavy atom. The Morgan fingerprint density at radius 3 is 0.828 bits per heavy atom. The summed E-state index contributed by atoms with van der Waals surface area (Å²) in [6.07, 6.45) is 9.24. The van der Waals surface area contributed by atoms with E-state index in [1.807, 2.05) is 0 Å². The second-order valence-electron chi connectivity index (χ2n) is 9.32. The van der Waals surface area contributed by atoms with Crippen molar-refractivity contribution in [3.63, 3.8) is 0 Å². The zero-order valence-corrected chi connectivity index (χ0v) is 21.9. The van der Waals surface area contributed by atoms with Gasteiger partial charge in [-0.05, 0) is 49.4 Å². The van der Waals surface area contributed by atoms with Crippen LogP contribution in [0.4, 0.5) is 0 Å². The molecule has 0 spiro atoms. The lowest BCUT2D eigenvalue weighted by Crippen LogP contribution is -2.52. The molecule has 0 aliphatic heterocycles. The number of rotatable bonds is 20. The highest BCUT2D eigenvalue weighted by Gasteiger charge is 2.47. The molecule has 0 radical (unpaired) electrons.